The van der Waals surface area contributed by atoms with Gasteiger partial charge in [0.2, 0.25) is 0 Å². The van der Waals surface area contributed by atoms with Gasteiger partial charge in [0.15, 0.2) is 11.0 Å². The monoisotopic (exact) mass is 483 g/mol. The van der Waals surface area contributed by atoms with Gasteiger partial charge < -0.3 is 5.32 Å². The third-order valence-corrected chi connectivity index (χ3v) is 6.90. The minimum absolute atomic E-state index is 0.197. The van der Waals surface area contributed by atoms with Crippen molar-refractivity contribution in [1.29, 1.82) is 0 Å². The van der Waals surface area contributed by atoms with Gasteiger partial charge in [0.25, 0.3) is 5.91 Å². The van der Waals surface area contributed by atoms with Crippen LogP contribution in [0.15, 0.2) is 47.6 Å². The number of hydrogen-bond acceptors (Lipinski definition) is 5. The van der Waals surface area contributed by atoms with E-state index in [-0.39, 0.29) is 11.9 Å². The topological polar surface area (TPSA) is 80.1 Å². The van der Waals surface area contributed by atoms with Gasteiger partial charge in [-0.05, 0) is 63.4 Å². The fraction of sp³-hybridized carbons (Fsp3) is 0.333. The molecule has 1 aliphatic rings. The molecule has 0 unspecified atom stereocenters. The third kappa shape index (κ3) is 4.63. The Hall–Kier alpha value is -2.84. The second-order valence-electron chi connectivity index (χ2n) is 8.63. The molecule has 1 fully saturated rings. The molecule has 1 saturated heterocycles. The van der Waals surface area contributed by atoms with E-state index < -0.39 is 5.54 Å². The third-order valence-electron chi connectivity index (χ3n) is 5.56. The molecular formula is C24H26ClN5O2S. The number of hydrogen-bond donors (Lipinski definition) is 1. The Morgan fingerprint density at radius 3 is 2.55 bits per heavy atom. The molecule has 0 radical (unpaired) electrons. The van der Waals surface area contributed by atoms with Crippen molar-refractivity contribution in [3.8, 4) is 17.1 Å². The van der Waals surface area contributed by atoms with Gasteiger partial charge in [-0.15, -0.1) is 10.2 Å². The Morgan fingerprint density at radius 2 is 1.85 bits per heavy atom. The zero-order valence-electron chi connectivity index (χ0n) is 19.1. The van der Waals surface area contributed by atoms with Gasteiger partial charge in [-0.25, -0.2) is 4.79 Å². The standard InChI is InChI=1S/C24H26ClN5O2S/c1-15-10-11-16(2)19(14-15)30-20(17-8-5-6-9-18(17)25)27-28-23(30)33-13-7-12-29-21(31)24(3,4)26-22(29)32/h5-6,8-11,14H,7,12-13H2,1-4H3,(H,26,32). The van der Waals surface area contributed by atoms with Crippen LogP contribution >= 0.6 is 23.4 Å². The molecule has 7 nitrogen and oxygen atoms in total. The van der Waals surface area contributed by atoms with Gasteiger partial charge in [-0.3, -0.25) is 14.3 Å². The van der Waals surface area contributed by atoms with Gasteiger partial charge in [-0.1, -0.05) is 47.6 Å². The summed E-state index contributed by atoms with van der Waals surface area (Å²) in [4.78, 5) is 25.8. The molecule has 9 heteroatoms. The Kier molecular flexibility index (Phi) is 6.50. The molecule has 4 rings (SSSR count). The maximum atomic E-state index is 12.4. The van der Waals surface area contributed by atoms with Crippen molar-refractivity contribution in [2.24, 2.45) is 0 Å². The van der Waals surface area contributed by atoms with Crippen molar-refractivity contribution in [2.45, 2.75) is 44.8 Å². The van der Waals surface area contributed by atoms with E-state index in [0.29, 0.717) is 29.6 Å². The highest BCUT2D eigenvalue weighted by Gasteiger charge is 2.43. The first-order valence-corrected chi connectivity index (χ1v) is 12.1. The zero-order valence-corrected chi connectivity index (χ0v) is 20.6. The summed E-state index contributed by atoms with van der Waals surface area (Å²) in [7, 11) is 0. The largest absolute Gasteiger partial charge is 0.325 e. The van der Waals surface area contributed by atoms with E-state index >= 15 is 0 Å². The van der Waals surface area contributed by atoms with Crippen LogP contribution in [-0.2, 0) is 4.79 Å². The second-order valence-corrected chi connectivity index (χ2v) is 10.1. The number of urea groups is 1. The Bertz CT molecular complexity index is 1220. The summed E-state index contributed by atoms with van der Waals surface area (Å²) in [6, 6.07) is 13.5. The minimum atomic E-state index is -0.850. The highest BCUT2D eigenvalue weighted by atomic mass is 35.5. The lowest BCUT2D eigenvalue weighted by molar-refractivity contribution is -0.130. The predicted octanol–water partition coefficient (Wildman–Crippen LogP) is 5.02. The fourth-order valence-corrected chi connectivity index (χ4v) is 4.85. The average molecular weight is 484 g/mol. The van der Waals surface area contributed by atoms with Crippen molar-refractivity contribution >= 4 is 35.3 Å². The molecule has 0 atom stereocenters. The molecular weight excluding hydrogens is 458 g/mol. The number of carbonyl (C=O) groups excluding carboxylic acids is 2. The molecule has 1 aliphatic heterocycles. The number of imide groups is 1. The first-order chi connectivity index (χ1) is 15.7. The van der Waals surface area contributed by atoms with E-state index in [1.807, 2.05) is 28.8 Å². The van der Waals surface area contributed by atoms with Gasteiger partial charge >= 0.3 is 6.03 Å². The number of carbonyl (C=O) groups is 2. The molecule has 0 spiro atoms. The number of aryl methyl sites for hydroxylation is 2. The van der Waals surface area contributed by atoms with Crippen LogP contribution in [0.2, 0.25) is 5.02 Å². The average Bonchev–Trinajstić information content (AvgIpc) is 3.26. The number of halogens is 1. The van der Waals surface area contributed by atoms with Crippen LogP contribution in [-0.4, -0.2) is 49.4 Å². The Balaban J connectivity index is 1.59. The van der Waals surface area contributed by atoms with Crippen molar-refractivity contribution < 1.29 is 9.59 Å². The number of aromatic nitrogens is 3. The summed E-state index contributed by atoms with van der Waals surface area (Å²) in [6.07, 6.45) is 0.640. The Labute approximate surface area is 202 Å². The molecule has 2 heterocycles. The van der Waals surface area contributed by atoms with E-state index in [1.54, 1.807) is 25.6 Å². The van der Waals surface area contributed by atoms with Crippen molar-refractivity contribution in [3.05, 3.63) is 58.6 Å². The smallest absolute Gasteiger partial charge is 0.324 e. The van der Waals surface area contributed by atoms with Crippen LogP contribution < -0.4 is 5.32 Å². The zero-order chi connectivity index (χ0) is 23.8. The number of rotatable bonds is 7. The van der Waals surface area contributed by atoms with Crippen LogP contribution in [0.25, 0.3) is 17.1 Å². The number of amides is 3. The molecule has 0 saturated carbocycles. The minimum Gasteiger partial charge on any atom is -0.324 e. The first kappa shape index (κ1) is 23.3. The molecule has 1 N–H and O–H groups in total. The lowest BCUT2D eigenvalue weighted by Crippen LogP contribution is -2.40. The predicted molar refractivity (Wildman–Crippen MR) is 131 cm³/mol. The summed E-state index contributed by atoms with van der Waals surface area (Å²) in [5, 5.41) is 13.0. The molecule has 2 aromatic carbocycles. The van der Waals surface area contributed by atoms with Crippen molar-refractivity contribution in [1.82, 2.24) is 25.0 Å². The maximum absolute atomic E-state index is 12.4. The molecule has 3 amide bonds. The Morgan fingerprint density at radius 1 is 1.09 bits per heavy atom. The molecule has 3 aromatic rings. The number of benzene rings is 2. The normalized spacial score (nSPS) is 15.2. The molecule has 1 aromatic heterocycles. The van der Waals surface area contributed by atoms with Gasteiger partial charge in [0.05, 0.1) is 10.7 Å². The molecule has 0 bridgehead atoms. The van der Waals surface area contributed by atoms with E-state index in [4.69, 9.17) is 11.6 Å². The highest BCUT2D eigenvalue weighted by Crippen LogP contribution is 2.33. The van der Waals surface area contributed by atoms with Crippen LogP contribution in [0.5, 0.6) is 0 Å². The fourth-order valence-electron chi connectivity index (χ4n) is 3.77. The molecule has 33 heavy (non-hydrogen) atoms. The van der Waals surface area contributed by atoms with E-state index in [0.717, 1.165) is 27.5 Å². The van der Waals surface area contributed by atoms with E-state index in [9.17, 15) is 9.59 Å². The molecule has 172 valence electrons. The van der Waals surface area contributed by atoms with Crippen LogP contribution in [0.1, 0.15) is 31.4 Å². The molecule has 0 aliphatic carbocycles. The SMILES string of the molecule is Cc1ccc(C)c(-n2c(SCCCN3C(=O)NC(C)(C)C3=O)nnc2-c2ccccc2Cl)c1. The van der Waals surface area contributed by atoms with Crippen LogP contribution in [0.3, 0.4) is 0 Å². The van der Waals surface area contributed by atoms with Gasteiger partial charge in [0.1, 0.15) is 5.54 Å². The van der Waals surface area contributed by atoms with E-state index in [2.05, 4.69) is 47.6 Å². The summed E-state index contributed by atoms with van der Waals surface area (Å²) in [5.74, 6) is 1.15. The summed E-state index contributed by atoms with van der Waals surface area (Å²) in [5.41, 5.74) is 3.18. The van der Waals surface area contributed by atoms with Gasteiger partial charge in [-0.2, -0.15) is 0 Å². The summed E-state index contributed by atoms with van der Waals surface area (Å²) >= 11 is 8.03. The van der Waals surface area contributed by atoms with Crippen molar-refractivity contribution in [2.75, 3.05) is 12.3 Å². The van der Waals surface area contributed by atoms with E-state index in [1.165, 1.54) is 4.90 Å². The highest BCUT2D eigenvalue weighted by molar-refractivity contribution is 7.99. The van der Waals surface area contributed by atoms with Gasteiger partial charge in [0, 0.05) is 17.9 Å². The number of nitrogens with one attached hydrogen (secondary N) is 1. The number of thioether (sulfide) groups is 1. The van der Waals surface area contributed by atoms with Crippen molar-refractivity contribution in [3.63, 3.8) is 0 Å². The summed E-state index contributed by atoms with van der Waals surface area (Å²) < 4.78 is 2.03. The van der Waals surface area contributed by atoms with Crippen LogP contribution in [0.4, 0.5) is 4.79 Å². The first-order valence-electron chi connectivity index (χ1n) is 10.7. The summed E-state index contributed by atoms with van der Waals surface area (Å²) in [6.45, 7) is 7.89. The lowest BCUT2D eigenvalue weighted by atomic mass is 10.1. The second kappa shape index (κ2) is 9.19. The maximum Gasteiger partial charge on any atom is 0.325 e. The number of nitrogens with zero attached hydrogens (tertiary/aromatic N) is 4. The lowest BCUT2D eigenvalue weighted by Gasteiger charge is -2.16. The quantitative estimate of drug-likeness (QED) is 0.290. The van der Waals surface area contributed by atoms with Crippen LogP contribution in [0, 0.1) is 13.8 Å².